The molecule has 1 aliphatic rings. The molecule has 0 saturated carbocycles. The lowest BCUT2D eigenvalue weighted by Gasteiger charge is -2.25. The Kier molecular flexibility index (Phi) is 6.42. The highest BCUT2D eigenvalue weighted by molar-refractivity contribution is 7.92. The molecule has 1 aliphatic heterocycles. The number of anilines is 1. The summed E-state index contributed by atoms with van der Waals surface area (Å²) in [6.45, 7) is 1.28. The Morgan fingerprint density at radius 3 is 2.36 bits per heavy atom. The maximum atomic E-state index is 12.5. The molecular formula is C17H20N4O5S2. The molecule has 150 valence electrons. The van der Waals surface area contributed by atoms with Gasteiger partial charge in [0, 0.05) is 24.7 Å². The average molecular weight is 425 g/mol. The molecule has 0 aliphatic carbocycles. The Labute approximate surface area is 164 Å². The standard InChI is InChI=1S/C17H20N4O5S2/c22-27(23,13-8-15-4-2-1-3-5-15)20-19-17-7-6-16(14-18-17)28(24,25)21-9-11-26-12-10-21/h1-8,13-14,20H,9-12H2,(H,18,19)/b13-8+. The molecule has 0 unspecified atom stereocenters. The summed E-state index contributed by atoms with van der Waals surface area (Å²) in [4.78, 5) is 6.16. The van der Waals surface area contributed by atoms with E-state index in [2.05, 4.69) is 15.2 Å². The van der Waals surface area contributed by atoms with Gasteiger partial charge in [-0.3, -0.25) is 5.43 Å². The Bertz CT molecular complexity index is 1020. The third-order valence-electron chi connectivity index (χ3n) is 3.90. The van der Waals surface area contributed by atoms with Gasteiger partial charge in [0.2, 0.25) is 10.0 Å². The van der Waals surface area contributed by atoms with Gasteiger partial charge in [0.15, 0.2) is 0 Å². The summed E-state index contributed by atoms with van der Waals surface area (Å²) in [7, 11) is -7.40. The van der Waals surface area contributed by atoms with Crippen molar-refractivity contribution in [3.05, 3.63) is 59.6 Å². The zero-order chi connectivity index (χ0) is 20.0. The number of hydrogen-bond acceptors (Lipinski definition) is 7. The number of pyridine rings is 1. The maximum Gasteiger partial charge on any atom is 0.250 e. The van der Waals surface area contributed by atoms with Crippen LogP contribution in [0.2, 0.25) is 0 Å². The zero-order valence-electron chi connectivity index (χ0n) is 14.9. The molecular weight excluding hydrogens is 404 g/mol. The largest absolute Gasteiger partial charge is 0.379 e. The summed E-state index contributed by atoms with van der Waals surface area (Å²) >= 11 is 0. The molecule has 0 bridgehead atoms. The molecule has 1 saturated heterocycles. The molecule has 0 amide bonds. The molecule has 1 fully saturated rings. The quantitative estimate of drug-likeness (QED) is 0.637. The van der Waals surface area contributed by atoms with Gasteiger partial charge >= 0.3 is 0 Å². The predicted octanol–water partition coefficient (Wildman–Crippen LogP) is 1.02. The number of benzene rings is 1. The monoisotopic (exact) mass is 424 g/mol. The van der Waals surface area contributed by atoms with E-state index in [1.807, 2.05) is 6.07 Å². The topological polar surface area (TPSA) is 118 Å². The van der Waals surface area contributed by atoms with Gasteiger partial charge in [-0.1, -0.05) is 30.3 Å². The minimum absolute atomic E-state index is 0.0341. The van der Waals surface area contributed by atoms with Crippen LogP contribution in [0.5, 0.6) is 0 Å². The molecule has 1 aromatic heterocycles. The normalized spacial score (nSPS) is 16.3. The van der Waals surface area contributed by atoms with E-state index in [4.69, 9.17) is 4.74 Å². The molecule has 0 spiro atoms. The number of sulfonamides is 2. The number of morpholine rings is 1. The number of aromatic nitrogens is 1. The van der Waals surface area contributed by atoms with E-state index < -0.39 is 20.0 Å². The van der Waals surface area contributed by atoms with Crippen molar-refractivity contribution in [3.8, 4) is 0 Å². The molecule has 2 N–H and O–H groups in total. The molecule has 3 rings (SSSR count). The van der Waals surface area contributed by atoms with Crippen LogP contribution in [-0.4, -0.2) is 52.4 Å². The molecule has 11 heteroatoms. The van der Waals surface area contributed by atoms with E-state index in [0.717, 1.165) is 11.0 Å². The Hall–Kier alpha value is -2.31. The van der Waals surface area contributed by atoms with E-state index in [0.29, 0.717) is 13.2 Å². The number of nitrogens with zero attached hydrogens (tertiary/aromatic N) is 2. The fourth-order valence-electron chi connectivity index (χ4n) is 2.43. The third-order valence-corrected chi connectivity index (χ3v) is 6.67. The van der Waals surface area contributed by atoms with Gasteiger partial charge in [0.1, 0.15) is 10.7 Å². The van der Waals surface area contributed by atoms with E-state index in [1.165, 1.54) is 28.7 Å². The van der Waals surface area contributed by atoms with Crippen molar-refractivity contribution in [3.63, 3.8) is 0 Å². The molecule has 0 radical (unpaired) electrons. The summed E-state index contributed by atoms with van der Waals surface area (Å²) in [5.74, 6) is 0.164. The van der Waals surface area contributed by atoms with Gasteiger partial charge in [-0.05, 0) is 23.8 Å². The van der Waals surface area contributed by atoms with Crippen LogP contribution in [0.25, 0.3) is 6.08 Å². The first-order valence-electron chi connectivity index (χ1n) is 8.42. The van der Waals surface area contributed by atoms with Gasteiger partial charge in [-0.15, -0.1) is 4.83 Å². The second-order valence-electron chi connectivity index (χ2n) is 5.88. The van der Waals surface area contributed by atoms with Crippen LogP contribution in [0.1, 0.15) is 5.56 Å². The van der Waals surface area contributed by atoms with Crippen LogP contribution in [0.15, 0.2) is 59.0 Å². The van der Waals surface area contributed by atoms with Gasteiger partial charge in [0.25, 0.3) is 10.0 Å². The fourth-order valence-corrected chi connectivity index (χ4v) is 4.44. The molecule has 9 nitrogen and oxygen atoms in total. The van der Waals surface area contributed by atoms with Gasteiger partial charge < -0.3 is 4.74 Å². The lowest BCUT2D eigenvalue weighted by Crippen LogP contribution is -2.40. The first-order valence-corrected chi connectivity index (χ1v) is 11.4. The summed E-state index contributed by atoms with van der Waals surface area (Å²) in [5.41, 5.74) is 3.19. The van der Waals surface area contributed by atoms with Gasteiger partial charge in [-0.25, -0.2) is 21.8 Å². The first-order chi connectivity index (χ1) is 13.4. The minimum atomic E-state index is -3.76. The summed E-state index contributed by atoms with van der Waals surface area (Å²) < 4.78 is 55.6. The van der Waals surface area contributed by atoms with Gasteiger partial charge in [-0.2, -0.15) is 4.31 Å². The number of nitrogens with one attached hydrogen (secondary N) is 2. The summed E-state index contributed by atoms with van der Waals surface area (Å²) in [6, 6.07) is 11.7. The van der Waals surface area contributed by atoms with E-state index >= 15 is 0 Å². The summed E-state index contributed by atoms with van der Waals surface area (Å²) in [5, 5.41) is 1.02. The third kappa shape index (κ3) is 5.36. The van der Waals surface area contributed by atoms with Crippen molar-refractivity contribution in [2.24, 2.45) is 0 Å². The van der Waals surface area contributed by atoms with Crippen molar-refractivity contribution >= 4 is 31.9 Å². The molecule has 2 heterocycles. The number of hydrogen-bond donors (Lipinski definition) is 2. The highest BCUT2D eigenvalue weighted by Gasteiger charge is 2.26. The highest BCUT2D eigenvalue weighted by Crippen LogP contribution is 2.17. The van der Waals surface area contributed by atoms with Crippen molar-refractivity contribution in [2.45, 2.75) is 4.90 Å². The van der Waals surface area contributed by atoms with Crippen LogP contribution < -0.4 is 10.3 Å². The summed E-state index contributed by atoms with van der Waals surface area (Å²) in [6.07, 6.45) is 2.64. The van der Waals surface area contributed by atoms with E-state index in [9.17, 15) is 16.8 Å². The van der Waals surface area contributed by atoms with Crippen molar-refractivity contribution in [2.75, 3.05) is 31.7 Å². The van der Waals surface area contributed by atoms with Crippen molar-refractivity contribution < 1.29 is 21.6 Å². The second-order valence-corrected chi connectivity index (χ2v) is 9.39. The van der Waals surface area contributed by atoms with Crippen LogP contribution in [0.4, 0.5) is 5.82 Å². The number of rotatable bonds is 7. The lowest BCUT2D eigenvalue weighted by molar-refractivity contribution is 0.0730. The second kappa shape index (κ2) is 8.80. The Morgan fingerprint density at radius 1 is 1.00 bits per heavy atom. The van der Waals surface area contributed by atoms with Crippen LogP contribution in [0.3, 0.4) is 0 Å². The number of ether oxygens (including phenoxy) is 1. The Balaban J connectivity index is 1.62. The van der Waals surface area contributed by atoms with E-state index in [-0.39, 0.29) is 23.8 Å². The SMILES string of the molecule is O=S(=O)(/C=C/c1ccccc1)NNc1ccc(S(=O)(=O)N2CCOCC2)cn1. The van der Waals surface area contributed by atoms with Crippen molar-refractivity contribution in [1.82, 2.24) is 14.1 Å². The fraction of sp³-hybridized carbons (Fsp3) is 0.235. The van der Waals surface area contributed by atoms with Crippen LogP contribution in [0, 0.1) is 0 Å². The molecule has 1 aromatic carbocycles. The maximum absolute atomic E-state index is 12.5. The first kappa shape index (κ1) is 20.4. The lowest BCUT2D eigenvalue weighted by atomic mass is 10.2. The highest BCUT2D eigenvalue weighted by atomic mass is 32.2. The van der Waals surface area contributed by atoms with Gasteiger partial charge in [0.05, 0.1) is 13.2 Å². The van der Waals surface area contributed by atoms with E-state index in [1.54, 1.807) is 24.3 Å². The Morgan fingerprint density at radius 2 is 1.71 bits per heavy atom. The number of hydrazine groups is 1. The minimum Gasteiger partial charge on any atom is -0.379 e. The zero-order valence-corrected chi connectivity index (χ0v) is 16.5. The molecule has 28 heavy (non-hydrogen) atoms. The van der Waals surface area contributed by atoms with Crippen LogP contribution in [-0.2, 0) is 24.8 Å². The smallest absolute Gasteiger partial charge is 0.250 e. The van der Waals surface area contributed by atoms with Crippen molar-refractivity contribution in [1.29, 1.82) is 0 Å². The molecule has 2 aromatic rings. The molecule has 0 atom stereocenters. The van der Waals surface area contributed by atoms with Crippen LogP contribution >= 0.6 is 0 Å². The predicted molar refractivity (Wildman–Crippen MR) is 105 cm³/mol. The average Bonchev–Trinajstić information content (AvgIpc) is 2.73.